The fourth-order valence-electron chi connectivity index (χ4n) is 1.38. The van der Waals surface area contributed by atoms with Crippen LogP contribution in [-0.2, 0) is 0 Å². The van der Waals surface area contributed by atoms with Crippen molar-refractivity contribution in [3.63, 3.8) is 0 Å². The molecular weight excluding hydrogens is 184 g/mol. The highest BCUT2D eigenvalue weighted by molar-refractivity contribution is 7.99. The number of aromatic nitrogens is 1. The van der Waals surface area contributed by atoms with Gasteiger partial charge in [-0.3, -0.25) is 9.78 Å². The highest BCUT2D eigenvalue weighted by Crippen LogP contribution is 2.30. The van der Waals surface area contributed by atoms with Gasteiger partial charge in [-0.15, -0.1) is 11.8 Å². The molecule has 1 aromatic rings. The molecule has 0 aromatic carbocycles. The van der Waals surface area contributed by atoms with E-state index in [2.05, 4.69) is 10.3 Å². The number of carbonyl (C=O) groups is 1. The average molecular weight is 194 g/mol. The normalized spacial score (nSPS) is 21.7. The summed E-state index contributed by atoms with van der Waals surface area (Å²) in [4.78, 5) is 14.6. The van der Waals surface area contributed by atoms with E-state index in [1.807, 2.05) is 17.8 Å². The first-order valence-corrected chi connectivity index (χ1v) is 5.21. The van der Waals surface area contributed by atoms with Gasteiger partial charge in [-0.05, 0) is 11.6 Å². The molecule has 1 saturated heterocycles. The predicted octanol–water partition coefficient (Wildman–Crippen LogP) is 1.23. The van der Waals surface area contributed by atoms with Gasteiger partial charge < -0.3 is 5.32 Å². The Kier molecular flexibility index (Phi) is 2.61. The molecule has 4 heteroatoms. The lowest BCUT2D eigenvalue weighted by molar-refractivity contribution is 0.112. The molecule has 1 aromatic heterocycles. The average Bonchev–Trinajstić information content (AvgIpc) is 2.70. The van der Waals surface area contributed by atoms with Crippen molar-refractivity contribution in [2.24, 2.45) is 0 Å². The Bertz CT molecular complexity index is 310. The smallest absolute Gasteiger partial charge is 0.151 e. The second-order valence-electron chi connectivity index (χ2n) is 2.83. The first-order chi connectivity index (χ1) is 6.42. The second kappa shape index (κ2) is 3.89. The number of aldehydes is 1. The van der Waals surface area contributed by atoms with E-state index in [1.54, 1.807) is 12.4 Å². The summed E-state index contributed by atoms with van der Waals surface area (Å²) < 4.78 is 0. The van der Waals surface area contributed by atoms with E-state index in [1.165, 1.54) is 0 Å². The van der Waals surface area contributed by atoms with Crippen LogP contribution in [0.15, 0.2) is 18.5 Å². The zero-order valence-electron chi connectivity index (χ0n) is 7.06. The van der Waals surface area contributed by atoms with E-state index in [0.29, 0.717) is 5.56 Å². The molecule has 0 amide bonds. The molecule has 2 heterocycles. The van der Waals surface area contributed by atoms with Gasteiger partial charge in [0.2, 0.25) is 0 Å². The fraction of sp³-hybridized carbons (Fsp3) is 0.333. The van der Waals surface area contributed by atoms with Gasteiger partial charge in [0.25, 0.3) is 0 Å². The highest BCUT2D eigenvalue weighted by atomic mass is 32.2. The summed E-state index contributed by atoms with van der Waals surface area (Å²) in [5.41, 5.74) is 1.74. The number of carbonyl (C=O) groups excluding carboxylic acids is 1. The number of hydrogen-bond acceptors (Lipinski definition) is 4. The number of pyridine rings is 1. The van der Waals surface area contributed by atoms with Gasteiger partial charge in [0.1, 0.15) is 0 Å². The van der Waals surface area contributed by atoms with Crippen LogP contribution in [-0.4, -0.2) is 23.6 Å². The minimum Gasteiger partial charge on any atom is -0.301 e. The molecule has 0 saturated carbocycles. The summed E-state index contributed by atoms with van der Waals surface area (Å²) in [5.74, 6) is 1.10. The molecule has 1 fully saturated rings. The van der Waals surface area contributed by atoms with Crippen LogP contribution in [0.1, 0.15) is 21.3 Å². The molecular formula is C9H10N2OS. The largest absolute Gasteiger partial charge is 0.301 e. The molecule has 0 radical (unpaired) electrons. The zero-order valence-corrected chi connectivity index (χ0v) is 7.88. The van der Waals surface area contributed by atoms with Crippen molar-refractivity contribution in [2.75, 3.05) is 12.3 Å². The van der Waals surface area contributed by atoms with Crippen molar-refractivity contribution in [3.8, 4) is 0 Å². The van der Waals surface area contributed by atoms with Gasteiger partial charge >= 0.3 is 0 Å². The summed E-state index contributed by atoms with van der Waals surface area (Å²) in [6, 6.07) is 1.90. The molecule has 1 aliphatic heterocycles. The molecule has 1 unspecified atom stereocenters. The second-order valence-corrected chi connectivity index (χ2v) is 4.04. The molecule has 1 atom stereocenters. The van der Waals surface area contributed by atoms with Gasteiger partial charge in [-0.1, -0.05) is 0 Å². The molecule has 68 valence electrons. The summed E-state index contributed by atoms with van der Waals surface area (Å²) in [6.45, 7) is 1.01. The molecule has 1 aliphatic rings. The Morgan fingerprint density at radius 3 is 3.31 bits per heavy atom. The van der Waals surface area contributed by atoms with Crippen LogP contribution < -0.4 is 5.32 Å². The molecule has 2 rings (SSSR count). The van der Waals surface area contributed by atoms with Crippen LogP contribution in [0.5, 0.6) is 0 Å². The summed E-state index contributed by atoms with van der Waals surface area (Å²) >= 11 is 1.83. The standard InChI is InChI=1S/C9H10N2OS/c12-6-7-5-10-2-1-8(7)9-11-3-4-13-9/h1-2,5-6,9,11H,3-4H2. The quantitative estimate of drug-likeness (QED) is 0.719. The monoisotopic (exact) mass is 194 g/mol. The number of rotatable bonds is 2. The minimum absolute atomic E-state index is 0.267. The first kappa shape index (κ1) is 8.72. The van der Waals surface area contributed by atoms with Gasteiger partial charge in [0, 0.05) is 30.3 Å². The van der Waals surface area contributed by atoms with Gasteiger partial charge in [-0.2, -0.15) is 0 Å². The van der Waals surface area contributed by atoms with E-state index in [9.17, 15) is 4.79 Å². The van der Waals surface area contributed by atoms with Crippen LogP contribution in [0.25, 0.3) is 0 Å². The van der Waals surface area contributed by atoms with Crippen molar-refractivity contribution in [1.29, 1.82) is 0 Å². The van der Waals surface area contributed by atoms with Crippen molar-refractivity contribution in [2.45, 2.75) is 5.37 Å². The molecule has 13 heavy (non-hydrogen) atoms. The lowest BCUT2D eigenvalue weighted by Gasteiger charge is -2.10. The number of nitrogens with one attached hydrogen (secondary N) is 1. The van der Waals surface area contributed by atoms with Gasteiger partial charge in [0.15, 0.2) is 6.29 Å². The van der Waals surface area contributed by atoms with Crippen molar-refractivity contribution in [1.82, 2.24) is 10.3 Å². The fourth-order valence-corrected chi connectivity index (χ4v) is 2.48. The molecule has 1 N–H and O–H groups in total. The van der Waals surface area contributed by atoms with E-state index < -0.39 is 0 Å². The van der Waals surface area contributed by atoms with Crippen LogP contribution in [0.2, 0.25) is 0 Å². The molecule has 3 nitrogen and oxygen atoms in total. The maximum atomic E-state index is 10.7. The van der Waals surface area contributed by atoms with E-state index in [-0.39, 0.29) is 5.37 Å². The molecule has 0 bridgehead atoms. The number of thioether (sulfide) groups is 1. The number of nitrogens with zero attached hydrogens (tertiary/aromatic N) is 1. The number of hydrogen-bond donors (Lipinski definition) is 1. The van der Waals surface area contributed by atoms with Crippen LogP contribution in [0, 0.1) is 0 Å². The maximum Gasteiger partial charge on any atom is 0.151 e. The highest BCUT2D eigenvalue weighted by Gasteiger charge is 2.18. The maximum absolute atomic E-state index is 10.7. The van der Waals surface area contributed by atoms with Crippen LogP contribution in [0.4, 0.5) is 0 Å². The Morgan fingerprint density at radius 2 is 2.62 bits per heavy atom. The topological polar surface area (TPSA) is 42.0 Å². The predicted molar refractivity (Wildman–Crippen MR) is 52.8 cm³/mol. The van der Waals surface area contributed by atoms with E-state index in [4.69, 9.17) is 0 Å². The third kappa shape index (κ3) is 1.73. The zero-order chi connectivity index (χ0) is 9.10. The first-order valence-electron chi connectivity index (χ1n) is 4.16. The summed E-state index contributed by atoms with van der Waals surface area (Å²) in [7, 11) is 0. The molecule has 0 spiro atoms. The molecule has 0 aliphatic carbocycles. The van der Waals surface area contributed by atoms with Crippen LogP contribution in [0.3, 0.4) is 0 Å². The third-order valence-corrected chi connectivity index (χ3v) is 3.21. The van der Waals surface area contributed by atoms with E-state index in [0.717, 1.165) is 24.1 Å². The van der Waals surface area contributed by atoms with Gasteiger partial charge in [-0.25, -0.2) is 0 Å². The van der Waals surface area contributed by atoms with Crippen molar-refractivity contribution < 1.29 is 4.79 Å². The SMILES string of the molecule is O=Cc1cnccc1C1NCCS1. The summed E-state index contributed by atoms with van der Waals surface area (Å²) in [5, 5.41) is 3.59. The van der Waals surface area contributed by atoms with Crippen molar-refractivity contribution >= 4 is 18.0 Å². The summed E-state index contributed by atoms with van der Waals surface area (Å²) in [6.07, 6.45) is 4.20. The Hall–Kier alpha value is -0.870. The lowest BCUT2D eigenvalue weighted by atomic mass is 10.1. The third-order valence-electron chi connectivity index (χ3n) is 2.01. The minimum atomic E-state index is 0.267. The Balaban J connectivity index is 2.31. The van der Waals surface area contributed by atoms with Gasteiger partial charge in [0.05, 0.1) is 5.37 Å². The Morgan fingerprint density at radius 1 is 1.69 bits per heavy atom. The van der Waals surface area contributed by atoms with E-state index >= 15 is 0 Å². The van der Waals surface area contributed by atoms with Crippen LogP contribution >= 0.6 is 11.8 Å². The van der Waals surface area contributed by atoms with Crippen molar-refractivity contribution in [3.05, 3.63) is 29.6 Å². The Labute approximate surface area is 80.9 Å². The lowest BCUT2D eigenvalue weighted by Crippen LogP contribution is -2.13.